The highest BCUT2D eigenvalue weighted by Crippen LogP contribution is 2.29. The summed E-state index contributed by atoms with van der Waals surface area (Å²) in [5.74, 6) is 0.130. The highest BCUT2D eigenvalue weighted by Gasteiger charge is 2.39. The zero-order chi connectivity index (χ0) is 11.3. The Balaban J connectivity index is 2.38. The van der Waals surface area contributed by atoms with E-state index in [2.05, 4.69) is 16.3 Å². The fourth-order valence-electron chi connectivity index (χ4n) is 2.12. The van der Waals surface area contributed by atoms with Crippen LogP contribution >= 0.6 is 0 Å². The number of unbranched alkanes of at least 4 members (excludes halogenated alkanes) is 1. The predicted molar refractivity (Wildman–Crippen MR) is 58.1 cm³/mol. The minimum absolute atomic E-state index is 0.130. The molecule has 0 bridgehead atoms. The number of carbonyl (C=O) groups is 1. The Bertz CT molecular complexity index is 271. The lowest BCUT2D eigenvalue weighted by molar-refractivity contribution is -0.129. The van der Waals surface area contributed by atoms with Gasteiger partial charge in [-0.25, -0.2) is 0 Å². The number of rotatable bonds is 4. The number of carbonyl (C=O) groups excluding carboxylic acids is 1. The van der Waals surface area contributed by atoms with Crippen LogP contribution in [0.5, 0.6) is 0 Å². The van der Waals surface area contributed by atoms with Gasteiger partial charge < -0.3 is 10.2 Å². The van der Waals surface area contributed by atoms with Crippen molar-refractivity contribution in [3.05, 3.63) is 0 Å². The summed E-state index contributed by atoms with van der Waals surface area (Å²) < 4.78 is 0. The molecule has 0 aromatic rings. The maximum atomic E-state index is 11.6. The van der Waals surface area contributed by atoms with Gasteiger partial charge in [-0.3, -0.25) is 4.79 Å². The van der Waals surface area contributed by atoms with Gasteiger partial charge in [0.2, 0.25) is 5.91 Å². The van der Waals surface area contributed by atoms with E-state index in [0.29, 0.717) is 6.42 Å². The Morgan fingerprint density at radius 2 is 2.40 bits per heavy atom. The third-order valence-electron chi connectivity index (χ3n) is 3.09. The van der Waals surface area contributed by atoms with Crippen molar-refractivity contribution in [2.75, 3.05) is 26.7 Å². The molecule has 84 valence electrons. The molecule has 0 saturated carbocycles. The van der Waals surface area contributed by atoms with E-state index in [1.165, 1.54) is 0 Å². The van der Waals surface area contributed by atoms with Crippen molar-refractivity contribution in [2.24, 2.45) is 5.41 Å². The molecule has 1 heterocycles. The van der Waals surface area contributed by atoms with Gasteiger partial charge in [-0.1, -0.05) is 0 Å². The zero-order valence-corrected chi connectivity index (χ0v) is 9.55. The van der Waals surface area contributed by atoms with Gasteiger partial charge in [0.25, 0.3) is 0 Å². The Morgan fingerprint density at radius 1 is 1.67 bits per heavy atom. The van der Waals surface area contributed by atoms with E-state index in [4.69, 9.17) is 5.26 Å². The molecule has 1 unspecified atom stereocenters. The second-order valence-electron chi connectivity index (χ2n) is 4.43. The SMILES string of the molecule is CNC(=O)C1(C)CCN(CCCC#N)C1. The molecule has 1 rings (SSSR count). The van der Waals surface area contributed by atoms with Crippen molar-refractivity contribution in [3.8, 4) is 6.07 Å². The number of hydrogen-bond acceptors (Lipinski definition) is 3. The van der Waals surface area contributed by atoms with Gasteiger partial charge in [0.15, 0.2) is 0 Å². The molecule has 0 spiro atoms. The van der Waals surface area contributed by atoms with Crippen LogP contribution < -0.4 is 5.32 Å². The van der Waals surface area contributed by atoms with Gasteiger partial charge in [-0.15, -0.1) is 0 Å². The third kappa shape index (κ3) is 2.93. The van der Waals surface area contributed by atoms with E-state index in [-0.39, 0.29) is 11.3 Å². The molecule has 1 atom stereocenters. The first-order valence-electron chi connectivity index (χ1n) is 5.44. The monoisotopic (exact) mass is 209 g/mol. The summed E-state index contributed by atoms with van der Waals surface area (Å²) in [6.07, 6.45) is 2.42. The first kappa shape index (κ1) is 12.0. The molecule has 1 fully saturated rings. The van der Waals surface area contributed by atoms with E-state index in [0.717, 1.165) is 32.5 Å². The van der Waals surface area contributed by atoms with Crippen molar-refractivity contribution in [1.29, 1.82) is 5.26 Å². The third-order valence-corrected chi connectivity index (χ3v) is 3.09. The van der Waals surface area contributed by atoms with E-state index in [1.54, 1.807) is 7.05 Å². The summed E-state index contributed by atoms with van der Waals surface area (Å²) in [5, 5.41) is 11.2. The van der Waals surface area contributed by atoms with E-state index >= 15 is 0 Å². The molecular weight excluding hydrogens is 190 g/mol. The predicted octanol–water partition coefficient (Wildman–Crippen LogP) is 0.748. The van der Waals surface area contributed by atoms with Crippen molar-refractivity contribution in [2.45, 2.75) is 26.2 Å². The summed E-state index contributed by atoms with van der Waals surface area (Å²) in [4.78, 5) is 13.9. The number of hydrogen-bond donors (Lipinski definition) is 1. The van der Waals surface area contributed by atoms with Crippen LogP contribution in [0.2, 0.25) is 0 Å². The second-order valence-corrected chi connectivity index (χ2v) is 4.43. The Labute approximate surface area is 91.2 Å². The van der Waals surface area contributed by atoms with Crippen LogP contribution in [0.3, 0.4) is 0 Å². The molecule has 1 aliphatic heterocycles. The number of nitrogens with one attached hydrogen (secondary N) is 1. The Hall–Kier alpha value is -1.08. The van der Waals surface area contributed by atoms with E-state index < -0.39 is 0 Å². The number of nitrogens with zero attached hydrogens (tertiary/aromatic N) is 2. The molecule has 0 aromatic carbocycles. The molecule has 1 amide bonds. The first-order chi connectivity index (χ1) is 7.12. The van der Waals surface area contributed by atoms with Gasteiger partial charge in [-0.05, 0) is 32.9 Å². The Kier molecular flexibility index (Phi) is 4.10. The average Bonchev–Trinajstić information content (AvgIpc) is 2.61. The molecule has 0 aromatic heterocycles. The van der Waals surface area contributed by atoms with Gasteiger partial charge in [0, 0.05) is 20.0 Å². The molecule has 4 nitrogen and oxygen atoms in total. The smallest absolute Gasteiger partial charge is 0.227 e. The topological polar surface area (TPSA) is 56.1 Å². The molecular formula is C11H19N3O. The second kappa shape index (κ2) is 5.13. The van der Waals surface area contributed by atoms with Crippen LogP contribution in [-0.2, 0) is 4.79 Å². The number of nitriles is 1. The highest BCUT2D eigenvalue weighted by molar-refractivity contribution is 5.82. The maximum absolute atomic E-state index is 11.6. The van der Waals surface area contributed by atoms with Gasteiger partial charge in [0.1, 0.15) is 0 Å². The quantitative estimate of drug-likeness (QED) is 0.695. The Morgan fingerprint density at radius 3 is 3.00 bits per heavy atom. The summed E-state index contributed by atoms with van der Waals surface area (Å²) in [6.45, 7) is 4.73. The standard InChI is InChI=1S/C11H19N3O/c1-11(10(15)13-2)5-8-14(9-11)7-4-3-6-12/h3-5,7-9H2,1-2H3,(H,13,15). The van der Waals surface area contributed by atoms with Gasteiger partial charge >= 0.3 is 0 Å². The zero-order valence-electron chi connectivity index (χ0n) is 9.55. The maximum Gasteiger partial charge on any atom is 0.227 e. The lowest BCUT2D eigenvalue weighted by atomic mass is 9.89. The minimum atomic E-state index is -0.235. The lowest BCUT2D eigenvalue weighted by Crippen LogP contribution is -2.39. The van der Waals surface area contributed by atoms with Gasteiger partial charge in [-0.2, -0.15) is 5.26 Å². The van der Waals surface area contributed by atoms with E-state index in [1.807, 2.05) is 6.92 Å². The lowest BCUT2D eigenvalue weighted by Gasteiger charge is -2.22. The van der Waals surface area contributed by atoms with Crippen LogP contribution in [0, 0.1) is 16.7 Å². The minimum Gasteiger partial charge on any atom is -0.359 e. The van der Waals surface area contributed by atoms with Gasteiger partial charge in [0.05, 0.1) is 11.5 Å². The average molecular weight is 209 g/mol. The van der Waals surface area contributed by atoms with Crippen molar-refractivity contribution in [3.63, 3.8) is 0 Å². The molecule has 0 aliphatic carbocycles. The van der Waals surface area contributed by atoms with Crippen molar-refractivity contribution in [1.82, 2.24) is 10.2 Å². The normalized spacial score (nSPS) is 26.2. The highest BCUT2D eigenvalue weighted by atomic mass is 16.2. The van der Waals surface area contributed by atoms with Crippen LogP contribution in [0.1, 0.15) is 26.2 Å². The first-order valence-corrected chi connectivity index (χ1v) is 5.44. The summed E-state index contributed by atoms with van der Waals surface area (Å²) in [6, 6.07) is 2.14. The summed E-state index contributed by atoms with van der Waals surface area (Å²) in [7, 11) is 1.69. The molecule has 4 heteroatoms. The molecule has 0 radical (unpaired) electrons. The molecule has 15 heavy (non-hydrogen) atoms. The number of amides is 1. The van der Waals surface area contributed by atoms with Crippen LogP contribution in [0.15, 0.2) is 0 Å². The fraction of sp³-hybridized carbons (Fsp3) is 0.818. The van der Waals surface area contributed by atoms with Crippen molar-refractivity contribution < 1.29 is 4.79 Å². The number of likely N-dealkylation sites (tertiary alicyclic amines) is 1. The largest absolute Gasteiger partial charge is 0.359 e. The molecule has 1 aliphatic rings. The van der Waals surface area contributed by atoms with Crippen LogP contribution in [-0.4, -0.2) is 37.5 Å². The van der Waals surface area contributed by atoms with Crippen LogP contribution in [0.4, 0.5) is 0 Å². The summed E-state index contributed by atoms with van der Waals surface area (Å²) in [5.41, 5.74) is -0.235. The molecule has 1 N–H and O–H groups in total. The molecule has 1 saturated heterocycles. The summed E-state index contributed by atoms with van der Waals surface area (Å²) >= 11 is 0. The van der Waals surface area contributed by atoms with E-state index in [9.17, 15) is 4.79 Å². The fourth-order valence-corrected chi connectivity index (χ4v) is 2.12. The van der Waals surface area contributed by atoms with Crippen molar-refractivity contribution >= 4 is 5.91 Å². The van der Waals surface area contributed by atoms with Crippen LogP contribution in [0.25, 0.3) is 0 Å².